The summed E-state index contributed by atoms with van der Waals surface area (Å²) in [5, 5.41) is 0. The van der Waals surface area contributed by atoms with Crippen LogP contribution in [-0.4, -0.2) is 0 Å². The Labute approximate surface area is 90.4 Å². The Hall–Kier alpha value is -0.780. The van der Waals surface area contributed by atoms with Crippen LogP contribution in [0.15, 0.2) is 36.0 Å². The summed E-state index contributed by atoms with van der Waals surface area (Å²) in [5.41, 5.74) is 2.76. The van der Waals surface area contributed by atoms with Crippen molar-refractivity contribution in [1.29, 1.82) is 0 Å². The van der Waals surface area contributed by atoms with Crippen molar-refractivity contribution in [1.82, 2.24) is 0 Å². The first kappa shape index (κ1) is 15.7. The molecule has 0 heteroatoms. The molecular weight excluding hydrogens is 168 g/mol. The van der Waals surface area contributed by atoms with Gasteiger partial charge >= 0.3 is 0 Å². The predicted molar refractivity (Wildman–Crippen MR) is 68.6 cm³/mol. The fourth-order valence-corrected chi connectivity index (χ4v) is 1.15. The van der Waals surface area contributed by atoms with E-state index in [9.17, 15) is 0 Å². The highest BCUT2D eigenvalue weighted by Crippen LogP contribution is 2.09. The maximum atomic E-state index is 3.66. The van der Waals surface area contributed by atoms with Gasteiger partial charge < -0.3 is 0 Å². The van der Waals surface area contributed by atoms with Gasteiger partial charge in [0.05, 0.1) is 0 Å². The quantitative estimate of drug-likeness (QED) is 0.522. The number of allylic oxidation sites excluding steroid dienone is 5. The molecule has 0 saturated carbocycles. The highest BCUT2D eigenvalue weighted by atomic mass is 13.9. The first-order valence-electron chi connectivity index (χ1n) is 5.67. The molecule has 0 aliphatic heterocycles. The van der Waals surface area contributed by atoms with Gasteiger partial charge in [0.2, 0.25) is 0 Å². The highest BCUT2D eigenvalue weighted by Gasteiger charge is 1.88. The van der Waals surface area contributed by atoms with Gasteiger partial charge in [-0.2, -0.15) is 0 Å². The average molecular weight is 194 g/mol. The van der Waals surface area contributed by atoms with Crippen molar-refractivity contribution in [3.63, 3.8) is 0 Å². The van der Waals surface area contributed by atoms with Gasteiger partial charge in [-0.25, -0.2) is 0 Å². The summed E-state index contributed by atoms with van der Waals surface area (Å²) in [4.78, 5) is 0. The van der Waals surface area contributed by atoms with Crippen LogP contribution in [0.5, 0.6) is 0 Å². The van der Waals surface area contributed by atoms with Crippen LogP contribution in [0.1, 0.15) is 53.9 Å². The fraction of sp³-hybridized carbons (Fsp3) is 0.571. The second kappa shape index (κ2) is 12.2. The Balaban J connectivity index is 0. The molecule has 0 aromatic rings. The van der Waals surface area contributed by atoms with Crippen LogP contribution in [0.4, 0.5) is 0 Å². The lowest BCUT2D eigenvalue weighted by Crippen LogP contribution is -1.78. The summed E-state index contributed by atoms with van der Waals surface area (Å²) in [6, 6.07) is 0. The molecule has 0 fully saturated rings. The lowest BCUT2D eigenvalue weighted by atomic mass is 10.1. The molecule has 0 N–H and O–H groups in total. The molecule has 0 amide bonds. The van der Waals surface area contributed by atoms with E-state index < -0.39 is 0 Å². The summed E-state index contributed by atoms with van der Waals surface area (Å²) in [5.74, 6) is 0. The molecular formula is C14H26. The highest BCUT2D eigenvalue weighted by molar-refractivity contribution is 5.23. The molecule has 0 bridgehead atoms. The number of rotatable bonds is 5. The molecule has 82 valence electrons. The van der Waals surface area contributed by atoms with Gasteiger partial charge in [0.1, 0.15) is 0 Å². The van der Waals surface area contributed by atoms with Crippen molar-refractivity contribution in [3.8, 4) is 0 Å². The Bertz CT molecular complexity index is 182. The van der Waals surface area contributed by atoms with E-state index in [0.717, 1.165) is 0 Å². The van der Waals surface area contributed by atoms with Crippen LogP contribution in [0.2, 0.25) is 0 Å². The van der Waals surface area contributed by atoms with Crippen molar-refractivity contribution < 1.29 is 0 Å². The van der Waals surface area contributed by atoms with E-state index in [1.165, 1.54) is 30.4 Å². The lowest BCUT2D eigenvalue weighted by molar-refractivity contribution is 0.787. The minimum absolute atomic E-state index is 1.22. The average Bonchev–Trinajstić information content (AvgIpc) is 2.18. The minimum Gasteiger partial charge on any atom is -0.0991 e. The van der Waals surface area contributed by atoms with Gasteiger partial charge in [-0.15, -0.1) is 0 Å². The third-order valence-corrected chi connectivity index (χ3v) is 1.78. The molecule has 14 heavy (non-hydrogen) atoms. The first-order valence-corrected chi connectivity index (χ1v) is 5.67. The van der Waals surface area contributed by atoms with E-state index >= 15 is 0 Å². The third kappa shape index (κ3) is 11.2. The maximum absolute atomic E-state index is 3.66. The van der Waals surface area contributed by atoms with Crippen molar-refractivity contribution in [2.24, 2.45) is 0 Å². The molecule has 0 aromatic carbocycles. The standard InChI is InChI=1S/C12H20.C2H6/c1-5-7-9-12(4)10-11(3)8-6-2;1-2/h6,8,10H,2,5,7,9H2,1,3-4H3;1-2H3/b11-8-,12-10+;. The van der Waals surface area contributed by atoms with Gasteiger partial charge in [0, 0.05) is 0 Å². The second-order valence-corrected chi connectivity index (χ2v) is 3.24. The van der Waals surface area contributed by atoms with Crippen LogP contribution in [0.3, 0.4) is 0 Å². The Morgan fingerprint density at radius 3 is 2.21 bits per heavy atom. The summed E-state index contributed by atoms with van der Waals surface area (Å²) >= 11 is 0. The monoisotopic (exact) mass is 194 g/mol. The molecule has 0 rings (SSSR count). The normalized spacial score (nSPS) is 11.8. The van der Waals surface area contributed by atoms with Gasteiger partial charge in [-0.05, 0) is 26.7 Å². The van der Waals surface area contributed by atoms with Gasteiger partial charge in [-0.3, -0.25) is 0 Å². The zero-order valence-corrected chi connectivity index (χ0v) is 10.6. The van der Waals surface area contributed by atoms with Crippen LogP contribution < -0.4 is 0 Å². The molecule has 0 saturated heterocycles. The van der Waals surface area contributed by atoms with Crippen LogP contribution >= 0.6 is 0 Å². The van der Waals surface area contributed by atoms with Crippen molar-refractivity contribution >= 4 is 0 Å². The maximum Gasteiger partial charge on any atom is -0.0320 e. The summed E-state index contributed by atoms with van der Waals surface area (Å²) < 4.78 is 0. The van der Waals surface area contributed by atoms with Gasteiger partial charge in [0.15, 0.2) is 0 Å². The molecule has 0 heterocycles. The molecule has 0 aliphatic rings. The van der Waals surface area contributed by atoms with Crippen LogP contribution in [0.25, 0.3) is 0 Å². The molecule has 0 aliphatic carbocycles. The molecule has 0 atom stereocenters. The van der Waals surface area contributed by atoms with Crippen LogP contribution in [-0.2, 0) is 0 Å². The number of unbranched alkanes of at least 4 members (excludes halogenated alkanes) is 1. The second-order valence-electron chi connectivity index (χ2n) is 3.24. The van der Waals surface area contributed by atoms with Gasteiger partial charge in [-0.1, -0.05) is 63.1 Å². The number of hydrogen-bond donors (Lipinski definition) is 0. The zero-order chi connectivity index (χ0) is 11.4. The number of hydrogen-bond acceptors (Lipinski definition) is 0. The Morgan fingerprint density at radius 2 is 1.79 bits per heavy atom. The Kier molecular flexibility index (Phi) is 13.7. The van der Waals surface area contributed by atoms with Crippen molar-refractivity contribution in [2.75, 3.05) is 0 Å². The smallest absolute Gasteiger partial charge is 0.0320 e. The molecule has 0 nitrogen and oxygen atoms in total. The van der Waals surface area contributed by atoms with E-state index in [0.29, 0.717) is 0 Å². The summed E-state index contributed by atoms with van der Waals surface area (Å²) in [6.45, 7) is 14.2. The first-order chi connectivity index (χ1) is 6.70. The zero-order valence-electron chi connectivity index (χ0n) is 10.6. The third-order valence-electron chi connectivity index (χ3n) is 1.78. The molecule has 0 spiro atoms. The summed E-state index contributed by atoms with van der Waals surface area (Å²) in [7, 11) is 0. The van der Waals surface area contributed by atoms with Gasteiger partial charge in [0.25, 0.3) is 0 Å². The van der Waals surface area contributed by atoms with E-state index in [4.69, 9.17) is 0 Å². The van der Waals surface area contributed by atoms with E-state index in [1.807, 2.05) is 26.0 Å². The largest absolute Gasteiger partial charge is 0.0991 e. The SMILES string of the molecule is C=C/C=C(C)\C=C(/C)CCCC.CC. The van der Waals surface area contributed by atoms with Crippen molar-refractivity contribution in [2.45, 2.75) is 53.9 Å². The van der Waals surface area contributed by atoms with E-state index in [2.05, 4.69) is 33.4 Å². The van der Waals surface area contributed by atoms with Crippen molar-refractivity contribution in [3.05, 3.63) is 36.0 Å². The van der Waals surface area contributed by atoms with E-state index in [-0.39, 0.29) is 0 Å². The molecule has 0 unspecified atom stereocenters. The topological polar surface area (TPSA) is 0 Å². The van der Waals surface area contributed by atoms with Crippen LogP contribution in [0, 0.1) is 0 Å². The lowest BCUT2D eigenvalue weighted by Gasteiger charge is -1.98. The summed E-state index contributed by atoms with van der Waals surface area (Å²) in [6.07, 6.45) is 9.89. The fourth-order valence-electron chi connectivity index (χ4n) is 1.15. The predicted octanol–water partition coefficient (Wildman–Crippen LogP) is 5.28. The molecule has 0 radical (unpaired) electrons. The minimum atomic E-state index is 1.22. The molecule has 0 aromatic heterocycles. The van der Waals surface area contributed by atoms with E-state index in [1.54, 1.807) is 0 Å². The Morgan fingerprint density at radius 1 is 1.21 bits per heavy atom.